The molecule has 0 saturated heterocycles. The van der Waals surface area contributed by atoms with Crippen molar-refractivity contribution in [1.82, 2.24) is 0 Å². The number of carbonyl (C=O) groups is 2. The van der Waals surface area contributed by atoms with Crippen LogP contribution >= 0.6 is 0 Å². The zero-order valence-corrected chi connectivity index (χ0v) is 21.6. The molecule has 2 N–H and O–H groups in total. The molecule has 0 aliphatic carbocycles. The van der Waals surface area contributed by atoms with E-state index in [0.29, 0.717) is 12.3 Å². The summed E-state index contributed by atoms with van der Waals surface area (Å²) in [5.74, 6) is -1.07. The van der Waals surface area contributed by atoms with Crippen LogP contribution in [0, 0.1) is 11.8 Å². The highest BCUT2D eigenvalue weighted by molar-refractivity contribution is 6.03. The fraction of sp³-hybridized carbons (Fsp3) is 0.724. The number of carboxylic acid groups (broad SMARTS) is 2. The lowest BCUT2D eigenvalue weighted by molar-refractivity contribution is 0.0650. The first-order valence-corrected chi connectivity index (χ1v) is 13.3. The molecule has 0 bridgehead atoms. The van der Waals surface area contributed by atoms with Crippen LogP contribution in [0.1, 0.15) is 143 Å². The monoisotopic (exact) mass is 460 g/mol. The van der Waals surface area contributed by atoms with Crippen molar-refractivity contribution in [3.63, 3.8) is 0 Å². The van der Waals surface area contributed by atoms with Crippen LogP contribution in [0.3, 0.4) is 0 Å². The Morgan fingerprint density at radius 3 is 1.58 bits per heavy atom. The zero-order valence-electron chi connectivity index (χ0n) is 21.6. The van der Waals surface area contributed by atoms with Crippen LogP contribution in [0.25, 0.3) is 0 Å². The van der Waals surface area contributed by atoms with Crippen LogP contribution in [-0.4, -0.2) is 22.2 Å². The van der Waals surface area contributed by atoms with Gasteiger partial charge in [0.25, 0.3) is 0 Å². The second kappa shape index (κ2) is 16.7. The number of rotatable bonds is 19. The quantitative estimate of drug-likeness (QED) is 0.203. The highest BCUT2D eigenvalue weighted by Crippen LogP contribution is 2.25. The van der Waals surface area contributed by atoms with Gasteiger partial charge in [-0.3, -0.25) is 0 Å². The average molecular weight is 461 g/mol. The van der Waals surface area contributed by atoms with Gasteiger partial charge in [-0.2, -0.15) is 0 Å². The smallest absolute Gasteiger partial charge is 0.336 e. The summed E-state index contributed by atoms with van der Waals surface area (Å²) in [6, 6.07) is 3.27. The number of aromatic carboxylic acids is 2. The summed E-state index contributed by atoms with van der Waals surface area (Å²) in [4.78, 5) is 23.4. The lowest BCUT2D eigenvalue weighted by Gasteiger charge is -2.16. The lowest BCUT2D eigenvalue weighted by atomic mass is 9.88. The normalized spacial score (nSPS) is 11.5. The minimum Gasteiger partial charge on any atom is -0.478 e. The Hall–Kier alpha value is -1.84. The molecule has 0 saturated carbocycles. The number of hydrogen-bond acceptors (Lipinski definition) is 2. The van der Waals surface area contributed by atoms with Crippen LogP contribution in [0.2, 0.25) is 0 Å². The second-order valence-corrected chi connectivity index (χ2v) is 10.5. The number of unbranched alkanes of at least 4 members (excludes halogenated alkanes) is 11. The van der Waals surface area contributed by atoms with Gasteiger partial charge < -0.3 is 10.2 Å². The van der Waals surface area contributed by atoms with Crippen LogP contribution < -0.4 is 0 Å². The van der Waals surface area contributed by atoms with Gasteiger partial charge in [-0.1, -0.05) is 111 Å². The Kier molecular flexibility index (Phi) is 14.8. The van der Waals surface area contributed by atoms with Crippen molar-refractivity contribution in [2.75, 3.05) is 0 Å². The molecule has 4 nitrogen and oxygen atoms in total. The maximum Gasteiger partial charge on any atom is 0.336 e. The van der Waals surface area contributed by atoms with E-state index >= 15 is 0 Å². The van der Waals surface area contributed by atoms with Crippen LogP contribution in [0.4, 0.5) is 0 Å². The van der Waals surface area contributed by atoms with Gasteiger partial charge in [-0.25, -0.2) is 9.59 Å². The number of benzene rings is 1. The maximum atomic E-state index is 11.9. The first-order valence-electron chi connectivity index (χ1n) is 13.3. The van der Waals surface area contributed by atoms with Gasteiger partial charge >= 0.3 is 11.9 Å². The molecule has 0 spiro atoms. The van der Waals surface area contributed by atoms with Gasteiger partial charge in [0.15, 0.2) is 0 Å². The molecule has 1 aromatic rings. The third-order valence-corrected chi connectivity index (χ3v) is 6.44. The Balaban J connectivity index is 2.34. The Morgan fingerprint density at radius 1 is 0.667 bits per heavy atom. The van der Waals surface area contributed by atoms with Gasteiger partial charge in [0.05, 0.1) is 11.1 Å². The van der Waals surface area contributed by atoms with E-state index in [1.807, 2.05) is 6.07 Å². The van der Waals surface area contributed by atoms with Crippen molar-refractivity contribution in [3.8, 4) is 0 Å². The van der Waals surface area contributed by atoms with E-state index in [-0.39, 0.29) is 11.1 Å². The molecule has 0 radical (unpaired) electrons. The minimum absolute atomic E-state index is 0.00939. The molecule has 4 heteroatoms. The molecule has 0 heterocycles. The van der Waals surface area contributed by atoms with Crippen LogP contribution in [-0.2, 0) is 12.8 Å². The topological polar surface area (TPSA) is 74.6 Å². The van der Waals surface area contributed by atoms with E-state index in [2.05, 4.69) is 27.7 Å². The maximum absolute atomic E-state index is 11.9. The molecule has 0 amide bonds. The van der Waals surface area contributed by atoms with E-state index < -0.39 is 11.9 Å². The molecule has 0 fully saturated rings. The SMILES string of the molecule is CC(C)CCCCCCCCCCCCCCc1c(CC(C)C)ccc(C(=O)O)c1C(=O)O. The van der Waals surface area contributed by atoms with Gasteiger partial charge in [-0.15, -0.1) is 0 Å². The average Bonchev–Trinajstić information content (AvgIpc) is 2.73. The molecule has 0 aliphatic rings. The number of hydrogen-bond donors (Lipinski definition) is 2. The molecule has 0 atom stereocenters. The number of carboxylic acids is 2. The molecule has 0 unspecified atom stereocenters. The Bertz CT molecular complexity index is 706. The molecule has 1 rings (SSSR count). The standard InChI is InChI=1S/C29H48O4/c1-22(2)17-15-13-11-9-7-5-6-8-10-12-14-16-18-25-24(21-23(3)4)19-20-26(28(30)31)27(25)29(32)33/h19-20,22-23H,5-18,21H2,1-4H3,(H,30,31)(H,32,33). The van der Waals surface area contributed by atoms with E-state index in [1.165, 1.54) is 70.3 Å². The van der Waals surface area contributed by atoms with Crippen molar-refractivity contribution < 1.29 is 19.8 Å². The summed E-state index contributed by atoms with van der Waals surface area (Å²) >= 11 is 0. The molecule has 0 aliphatic heterocycles. The summed E-state index contributed by atoms with van der Waals surface area (Å²) in [5.41, 5.74) is 1.61. The molecular weight excluding hydrogens is 412 g/mol. The predicted molar refractivity (Wildman–Crippen MR) is 137 cm³/mol. The summed E-state index contributed by atoms with van der Waals surface area (Å²) in [6.45, 7) is 8.80. The molecule has 1 aromatic carbocycles. The van der Waals surface area contributed by atoms with E-state index in [0.717, 1.165) is 42.7 Å². The Labute approximate surface area is 202 Å². The van der Waals surface area contributed by atoms with Gasteiger partial charge in [0.1, 0.15) is 0 Å². The van der Waals surface area contributed by atoms with Crippen molar-refractivity contribution in [2.24, 2.45) is 11.8 Å². The van der Waals surface area contributed by atoms with Crippen molar-refractivity contribution in [1.29, 1.82) is 0 Å². The van der Waals surface area contributed by atoms with Crippen molar-refractivity contribution in [3.05, 3.63) is 34.4 Å². The minimum atomic E-state index is -1.17. The van der Waals surface area contributed by atoms with E-state index in [9.17, 15) is 19.8 Å². The first kappa shape index (κ1) is 29.2. The fourth-order valence-electron chi connectivity index (χ4n) is 4.65. The van der Waals surface area contributed by atoms with Crippen LogP contribution in [0.15, 0.2) is 12.1 Å². The van der Waals surface area contributed by atoms with Gasteiger partial charge in [-0.05, 0) is 48.3 Å². The summed E-state index contributed by atoms with van der Waals surface area (Å²) in [7, 11) is 0. The fourth-order valence-corrected chi connectivity index (χ4v) is 4.65. The predicted octanol–water partition coefficient (Wildman–Crippen LogP) is 8.55. The van der Waals surface area contributed by atoms with Crippen LogP contribution in [0.5, 0.6) is 0 Å². The summed E-state index contributed by atoms with van der Waals surface area (Å²) in [6.07, 6.45) is 17.9. The third-order valence-electron chi connectivity index (χ3n) is 6.44. The van der Waals surface area contributed by atoms with Gasteiger partial charge in [0, 0.05) is 0 Å². The largest absolute Gasteiger partial charge is 0.478 e. The van der Waals surface area contributed by atoms with Crippen molar-refractivity contribution >= 4 is 11.9 Å². The zero-order chi connectivity index (χ0) is 24.6. The van der Waals surface area contributed by atoms with E-state index in [4.69, 9.17) is 0 Å². The highest BCUT2D eigenvalue weighted by atomic mass is 16.4. The third kappa shape index (κ3) is 12.3. The first-order chi connectivity index (χ1) is 15.7. The van der Waals surface area contributed by atoms with Gasteiger partial charge in [0.2, 0.25) is 0 Å². The second-order valence-electron chi connectivity index (χ2n) is 10.5. The molecule has 0 aromatic heterocycles. The highest BCUT2D eigenvalue weighted by Gasteiger charge is 2.22. The Morgan fingerprint density at radius 2 is 1.15 bits per heavy atom. The lowest BCUT2D eigenvalue weighted by Crippen LogP contribution is -2.14. The summed E-state index contributed by atoms with van der Waals surface area (Å²) in [5, 5.41) is 19.2. The molecule has 33 heavy (non-hydrogen) atoms. The van der Waals surface area contributed by atoms with E-state index in [1.54, 1.807) is 0 Å². The van der Waals surface area contributed by atoms with Crippen molar-refractivity contribution in [2.45, 2.75) is 124 Å². The molecular formula is C29H48O4. The summed E-state index contributed by atoms with van der Waals surface area (Å²) < 4.78 is 0. The molecule has 188 valence electrons.